The van der Waals surface area contributed by atoms with Gasteiger partial charge in [-0.2, -0.15) is 5.10 Å². The molecule has 0 spiro atoms. The SMILES string of the molecule is COc1cc(Nc2ccc3ncc(-c4cnn(CCCN5C(=O)c6ccccc6C5=O)c4)nc3n2)c(F)c(OC)c1. The highest BCUT2D eigenvalue weighted by Gasteiger charge is 2.34. The predicted molar refractivity (Wildman–Crippen MR) is 148 cm³/mol. The summed E-state index contributed by atoms with van der Waals surface area (Å²) in [5.74, 6) is -0.294. The number of benzene rings is 2. The molecule has 6 rings (SSSR count). The Labute approximate surface area is 233 Å². The molecular formula is C29H24FN7O4. The maximum Gasteiger partial charge on any atom is 0.261 e. The van der Waals surface area contributed by atoms with Gasteiger partial charge in [-0.3, -0.25) is 24.2 Å². The molecule has 0 unspecified atom stereocenters. The molecule has 0 saturated carbocycles. The van der Waals surface area contributed by atoms with E-state index >= 15 is 0 Å². The van der Waals surface area contributed by atoms with Crippen molar-refractivity contribution in [3.8, 4) is 22.8 Å². The summed E-state index contributed by atoms with van der Waals surface area (Å²) in [5, 5.41) is 7.35. The molecule has 3 aromatic heterocycles. The number of rotatable bonds is 9. The molecule has 0 aliphatic carbocycles. The lowest BCUT2D eigenvalue weighted by Gasteiger charge is -2.13. The molecule has 11 nitrogen and oxygen atoms in total. The number of anilines is 2. The number of nitrogens with zero attached hydrogens (tertiary/aromatic N) is 6. The number of ether oxygens (including phenoxy) is 2. The number of aryl methyl sites for hydroxylation is 1. The Morgan fingerprint density at radius 2 is 1.71 bits per heavy atom. The van der Waals surface area contributed by atoms with Gasteiger partial charge in [-0.25, -0.2) is 14.4 Å². The largest absolute Gasteiger partial charge is 0.497 e. The van der Waals surface area contributed by atoms with Crippen LogP contribution in [0, 0.1) is 5.82 Å². The van der Waals surface area contributed by atoms with Crippen molar-refractivity contribution in [1.29, 1.82) is 0 Å². The van der Waals surface area contributed by atoms with Gasteiger partial charge in [-0.05, 0) is 30.7 Å². The van der Waals surface area contributed by atoms with Crippen LogP contribution in [0.15, 0.2) is 67.1 Å². The van der Waals surface area contributed by atoms with E-state index in [9.17, 15) is 14.0 Å². The summed E-state index contributed by atoms with van der Waals surface area (Å²) in [5.41, 5.74) is 3.23. The fourth-order valence-corrected chi connectivity index (χ4v) is 4.63. The second-order valence-corrected chi connectivity index (χ2v) is 9.26. The van der Waals surface area contributed by atoms with Gasteiger partial charge in [0.05, 0.1) is 49.1 Å². The fraction of sp³-hybridized carbons (Fsp3) is 0.172. The third kappa shape index (κ3) is 4.91. The number of methoxy groups -OCH3 is 2. The minimum Gasteiger partial charge on any atom is -0.497 e. The second kappa shape index (κ2) is 10.6. The van der Waals surface area contributed by atoms with E-state index < -0.39 is 5.82 Å². The molecule has 1 aliphatic rings. The summed E-state index contributed by atoms with van der Waals surface area (Å²) in [4.78, 5) is 40.0. The van der Waals surface area contributed by atoms with Crippen LogP contribution >= 0.6 is 0 Å². The summed E-state index contributed by atoms with van der Waals surface area (Å²) >= 11 is 0. The van der Waals surface area contributed by atoms with Gasteiger partial charge in [-0.1, -0.05) is 12.1 Å². The third-order valence-electron chi connectivity index (χ3n) is 6.71. The number of carbonyl (C=O) groups is 2. The topological polar surface area (TPSA) is 124 Å². The Morgan fingerprint density at radius 3 is 2.44 bits per heavy atom. The molecule has 2 aromatic carbocycles. The van der Waals surface area contributed by atoms with Crippen LogP contribution in [-0.2, 0) is 6.54 Å². The first-order valence-electron chi connectivity index (χ1n) is 12.8. The molecule has 0 saturated heterocycles. The molecule has 41 heavy (non-hydrogen) atoms. The maximum absolute atomic E-state index is 14.8. The zero-order chi connectivity index (χ0) is 28.5. The van der Waals surface area contributed by atoms with E-state index in [0.29, 0.717) is 52.5 Å². The molecular weight excluding hydrogens is 529 g/mol. The van der Waals surface area contributed by atoms with Gasteiger partial charge in [0.1, 0.15) is 17.1 Å². The van der Waals surface area contributed by atoms with Gasteiger partial charge in [0.25, 0.3) is 11.8 Å². The van der Waals surface area contributed by atoms with Crippen molar-refractivity contribution in [2.75, 3.05) is 26.1 Å². The highest BCUT2D eigenvalue weighted by atomic mass is 19.1. The van der Waals surface area contributed by atoms with Crippen molar-refractivity contribution in [3.05, 3.63) is 84.1 Å². The first kappa shape index (κ1) is 25.9. The summed E-state index contributed by atoms with van der Waals surface area (Å²) in [6.07, 6.45) is 5.65. The molecule has 1 N–H and O–H groups in total. The van der Waals surface area contributed by atoms with E-state index in [4.69, 9.17) is 9.47 Å². The number of carbonyl (C=O) groups excluding carboxylic acids is 2. The average molecular weight is 554 g/mol. The molecule has 0 radical (unpaired) electrons. The summed E-state index contributed by atoms with van der Waals surface area (Å²) < 4.78 is 26.9. The Balaban J connectivity index is 1.15. The van der Waals surface area contributed by atoms with Gasteiger partial charge in [0.15, 0.2) is 17.2 Å². The van der Waals surface area contributed by atoms with Crippen LogP contribution in [-0.4, -0.2) is 62.2 Å². The predicted octanol–water partition coefficient (Wildman–Crippen LogP) is 4.47. The van der Waals surface area contributed by atoms with Crippen LogP contribution in [0.2, 0.25) is 0 Å². The Bertz CT molecular complexity index is 1770. The molecule has 0 fully saturated rings. The van der Waals surface area contributed by atoms with Crippen LogP contribution in [0.3, 0.4) is 0 Å². The smallest absolute Gasteiger partial charge is 0.261 e. The number of hydrogen-bond acceptors (Lipinski definition) is 9. The molecule has 1 aliphatic heterocycles. The van der Waals surface area contributed by atoms with Crippen molar-refractivity contribution in [2.24, 2.45) is 0 Å². The zero-order valence-electron chi connectivity index (χ0n) is 22.2. The van der Waals surface area contributed by atoms with E-state index in [1.165, 1.54) is 31.3 Å². The van der Waals surface area contributed by atoms with E-state index in [2.05, 4.69) is 25.4 Å². The second-order valence-electron chi connectivity index (χ2n) is 9.26. The number of pyridine rings is 1. The fourth-order valence-electron chi connectivity index (χ4n) is 4.63. The lowest BCUT2D eigenvalue weighted by molar-refractivity contribution is 0.0650. The van der Waals surface area contributed by atoms with Crippen molar-refractivity contribution in [1.82, 2.24) is 29.6 Å². The Morgan fingerprint density at radius 1 is 0.927 bits per heavy atom. The number of fused-ring (bicyclic) bond motifs is 2. The van der Waals surface area contributed by atoms with Crippen LogP contribution in [0.25, 0.3) is 22.4 Å². The number of aromatic nitrogens is 5. The third-order valence-corrected chi connectivity index (χ3v) is 6.71. The number of amides is 2. The molecule has 4 heterocycles. The van der Waals surface area contributed by atoms with Crippen molar-refractivity contribution < 1.29 is 23.5 Å². The number of hydrogen-bond donors (Lipinski definition) is 1. The average Bonchev–Trinajstić information content (AvgIpc) is 3.57. The van der Waals surface area contributed by atoms with Gasteiger partial charge in [0.2, 0.25) is 0 Å². The van der Waals surface area contributed by atoms with Crippen LogP contribution in [0.1, 0.15) is 27.1 Å². The van der Waals surface area contributed by atoms with E-state index in [1.54, 1.807) is 53.5 Å². The van der Waals surface area contributed by atoms with E-state index in [1.807, 2.05) is 6.20 Å². The van der Waals surface area contributed by atoms with Gasteiger partial charge in [-0.15, -0.1) is 0 Å². The van der Waals surface area contributed by atoms with Crippen LogP contribution in [0.4, 0.5) is 15.9 Å². The van der Waals surface area contributed by atoms with E-state index in [0.717, 1.165) is 5.56 Å². The molecule has 5 aromatic rings. The molecule has 206 valence electrons. The molecule has 2 amide bonds. The normalized spacial score (nSPS) is 12.6. The van der Waals surface area contributed by atoms with Crippen LogP contribution in [0.5, 0.6) is 11.5 Å². The monoisotopic (exact) mass is 553 g/mol. The zero-order valence-corrected chi connectivity index (χ0v) is 22.2. The number of halogens is 1. The molecule has 12 heteroatoms. The lowest BCUT2D eigenvalue weighted by Crippen LogP contribution is -2.31. The first-order chi connectivity index (χ1) is 19.9. The van der Waals surface area contributed by atoms with Crippen molar-refractivity contribution >= 4 is 34.5 Å². The first-order valence-corrected chi connectivity index (χ1v) is 12.8. The minimum absolute atomic E-state index is 0.0375. The highest BCUT2D eigenvalue weighted by Crippen LogP contribution is 2.32. The quantitative estimate of drug-likeness (QED) is 0.263. The highest BCUT2D eigenvalue weighted by molar-refractivity contribution is 6.21. The summed E-state index contributed by atoms with van der Waals surface area (Å²) in [6.45, 7) is 0.785. The van der Waals surface area contributed by atoms with Crippen LogP contribution < -0.4 is 14.8 Å². The number of imide groups is 1. The number of nitrogens with one attached hydrogen (secondary N) is 1. The Kier molecular flexibility index (Phi) is 6.71. The van der Waals surface area contributed by atoms with E-state index in [-0.39, 0.29) is 29.8 Å². The van der Waals surface area contributed by atoms with Crippen molar-refractivity contribution in [3.63, 3.8) is 0 Å². The lowest BCUT2D eigenvalue weighted by atomic mass is 10.1. The molecule has 0 atom stereocenters. The van der Waals surface area contributed by atoms with Gasteiger partial charge < -0.3 is 14.8 Å². The summed E-state index contributed by atoms with van der Waals surface area (Å²) in [6, 6.07) is 13.2. The minimum atomic E-state index is -0.578. The van der Waals surface area contributed by atoms with Gasteiger partial charge >= 0.3 is 0 Å². The van der Waals surface area contributed by atoms with Gasteiger partial charge in [0, 0.05) is 37.0 Å². The standard InChI is InChI=1S/C29H24FN7O4/c1-40-18-12-22(26(30)24(13-18)41-2)33-25-9-8-21-27(35-25)34-23(15-31-21)17-14-32-36(16-17)10-5-11-37-28(38)19-6-3-4-7-20(19)29(37)39/h3-4,6-9,12-16H,5,10-11H2,1-2H3,(H,33,34,35). The maximum atomic E-state index is 14.8. The van der Waals surface area contributed by atoms with Crippen molar-refractivity contribution in [2.45, 2.75) is 13.0 Å². The summed E-state index contributed by atoms with van der Waals surface area (Å²) in [7, 11) is 2.86. The Hall–Kier alpha value is -5.39. The molecule has 0 bridgehead atoms.